The number of halogens is 1. The molecule has 0 saturated carbocycles. The third-order valence-electron chi connectivity index (χ3n) is 5.95. The van der Waals surface area contributed by atoms with E-state index in [9.17, 15) is 9.59 Å². The second kappa shape index (κ2) is 11.0. The molecule has 0 radical (unpaired) electrons. The molecule has 5 aromatic rings. The number of amides is 2. The molecule has 0 fully saturated rings. The molecule has 0 aliphatic heterocycles. The average Bonchev–Trinajstić information content (AvgIpc) is 3.59. The van der Waals surface area contributed by atoms with Crippen LogP contribution in [0.4, 0.5) is 11.4 Å². The summed E-state index contributed by atoms with van der Waals surface area (Å²) >= 11 is 6.13. The van der Waals surface area contributed by atoms with Crippen LogP contribution in [0.25, 0.3) is 22.3 Å². The van der Waals surface area contributed by atoms with Crippen LogP contribution < -0.4 is 10.6 Å². The lowest BCUT2D eigenvalue weighted by Crippen LogP contribution is -2.13. The normalized spacial score (nSPS) is 10.9. The van der Waals surface area contributed by atoms with Crippen molar-refractivity contribution in [2.45, 2.75) is 25.7 Å². The Labute approximate surface area is 217 Å². The molecular weight excluding hydrogens is 490 g/mol. The number of hydrogen-bond donors (Lipinski definition) is 4. The topological polar surface area (TPSA) is 128 Å². The molecule has 5 rings (SSSR count). The summed E-state index contributed by atoms with van der Waals surface area (Å²) in [4.78, 5) is 28.8. The molecule has 0 atom stereocenters. The largest absolute Gasteiger partial charge is 0.349 e. The summed E-state index contributed by atoms with van der Waals surface area (Å²) < 4.78 is 0. The third kappa shape index (κ3) is 5.84. The van der Waals surface area contributed by atoms with Gasteiger partial charge in [0.15, 0.2) is 0 Å². The second-order valence-corrected chi connectivity index (χ2v) is 9.01. The van der Waals surface area contributed by atoms with E-state index in [0.29, 0.717) is 45.4 Å². The van der Waals surface area contributed by atoms with Gasteiger partial charge in [-0.05, 0) is 60.4 Å². The number of carbonyl (C=O) groups is 2. The standard InChI is InChI=1S/C27H24ClN7O2/c28-19-13-14-21(20(16-19)26-32-34-35-33-26)31-27(37)23-15-18-10-6-11-22(25(18)30-23)29-24(36)12-5-4-9-17-7-2-1-3-8-17/h1-3,6-8,10-11,13-16,30H,4-5,9,12H2,(H,29,36)(H,31,37)(H,32,33,34,35). The number of aromatic nitrogens is 5. The van der Waals surface area contributed by atoms with Crippen molar-refractivity contribution in [3.63, 3.8) is 0 Å². The molecule has 4 N–H and O–H groups in total. The number of aromatic amines is 2. The number of anilines is 2. The van der Waals surface area contributed by atoms with Crippen molar-refractivity contribution >= 4 is 45.7 Å². The van der Waals surface area contributed by atoms with Gasteiger partial charge in [-0.1, -0.05) is 54.1 Å². The van der Waals surface area contributed by atoms with Gasteiger partial charge in [-0.2, -0.15) is 5.21 Å². The van der Waals surface area contributed by atoms with E-state index < -0.39 is 0 Å². The van der Waals surface area contributed by atoms with Gasteiger partial charge >= 0.3 is 0 Å². The summed E-state index contributed by atoms with van der Waals surface area (Å²) in [5.74, 6) is -0.114. The van der Waals surface area contributed by atoms with Crippen molar-refractivity contribution < 1.29 is 9.59 Å². The number of aryl methyl sites for hydroxylation is 1. The van der Waals surface area contributed by atoms with Gasteiger partial charge in [0.25, 0.3) is 5.91 Å². The summed E-state index contributed by atoms with van der Waals surface area (Å²) in [6.07, 6.45) is 3.09. The number of tetrazole rings is 1. The molecule has 0 saturated heterocycles. The Morgan fingerprint density at radius 2 is 1.76 bits per heavy atom. The smallest absolute Gasteiger partial charge is 0.272 e. The lowest BCUT2D eigenvalue weighted by Gasteiger charge is -2.09. The molecule has 37 heavy (non-hydrogen) atoms. The highest BCUT2D eigenvalue weighted by Gasteiger charge is 2.17. The number of H-pyrrole nitrogens is 2. The maximum atomic E-state index is 13.1. The SMILES string of the molecule is O=C(CCCCc1ccccc1)Nc1cccc2cc(C(=O)Nc3ccc(Cl)cc3-c3nn[nH]n3)[nH]c12. The Morgan fingerprint density at radius 1 is 0.892 bits per heavy atom. The molecule has 186 valence electrons. The predicted octanol–water partition coefficient (Wildman–Crippen LogP) is 5.61. The molecule has 2 aromatic heterocycles. The van der Waals surface area contributed by atoms with Crippen LogP contribution in [0.15, 0.2) is 72.8 Å². The van der Waals surface area contributed by atoms with E-state index in [0.717, 1.165) is 24.6 Å². The number of fused-ring (bicyclic) bond motifs is 1. The van der Waals surface area contributed by atoms with Crippen LogP contribution in [0.3, 0.4) is 0 Å². The summed E-state index contributed by atoms with van der Waals surface area (Å²) in [5.41, 5.74) is 3.94. The first-order valence-electron chi connectivity index (χ1n) is 11.9. The van der Waals surface area contributed by atoms with Gasteiger partial charge < -0.3 is 15.6 Å². The molecule has 0 bridgehead atoms. The minimum absolute atomic E-state index is 0.0629. The number of benzene rings is 3. The highest BCUT2D eigenvalue weighted by atomic mass is 35.5. The summed E-state index contributed by atoms with van der Waals surface area (Å²) in [6.45, 7) is 0. The zero-order valence-corrected chi connectivity index (χ0v) is 20.5. The molecule has 0 spiro atoms. The lowest BCUT2D eigenvalue weighted by molar-refractivity contribution is -0.116. The molecule has 2 heterocycles. The fraction of sp³-hybridized carbons (Fsp3) is 0.148. The van der Waals surface area contributed by atoms with Crippen LogP contribution in [-0.4, -0.2) is 37.4 Å². The number of rotatable bonds is 9. The first-order chi connectivity index (χ1) is 18.1. The third-order valence-corrected chi connectivity index (χ3v) is 6.19. The maximum Gasteiger partial charge on any atom is 0.272 e. The Morgan fingerprint density at radius 3 is 2.57 bits per heavy atom. The number of carbonyl (C=O) groups excluding carboxylic acids is 2. The molecule has 9 nitrogen and oxygen atoms in total. The van der Waals surface area contributed by atoms with Gasteiger partial charge in [-0.25, -0.2) is 0 Å². The van der Waals surface area contributed by atoms with Crippen LogP contribution in [0.5, 0.6) is 0 Å². The minimum Gasteiger partial charge on any atom is -0.349 e. The Balaban J connectivity index is 1.25. The van der Waals surface area contributed by atoms with E-state index >= 15 is 0 Å². The van der Waals surface area contributed by atoms with Crippen molar-refractivity contribution in [1.82, 2.24) is 25.6 Å². The van der Waals surface area contributed by atoms with Crippen molar-refractivity contribution in [1.29, 1.82) is 0 Å². The highest BCUT2D eigenvalue weighted by molar-refractivity contribution is 6.31. The molecule has 3 aromatic carbocycles. The van der Waals surface area contributed by atoms with Crippen molar-refractivity contribution in [3.8, 4) is 11.4 Å². The Kier molecular flexibility index (Phi) is 7.23. The summed E-state index contributed by atoms with van der Waals surface area (Å²) in [5, 5.41) is 21.1. The Bertz CT molecular complexity index is 1530. The molecule has 0 aliphatic carbocycles. The van der Waals surface area contributed by atoms with Crippen LogP contribution in [0.1, 0.15) is 35.3 Å². The van der Waals surface area contributed by atoms with E-state index in [1.54, 1.807) is 24.3 Å². The number of unbranched alkanes of at least 4 members (excludes halogenated alkanes) is 1. The fourth-order valence-corrected chi connectivity index (χ4v) is 4.30. The molecule has 0 aliphatic rings. The van der Waals surface area contributed by atoms with Crippen LogP contribution >= 0.6 is 11.6 Å². The molecular formula is C27H24ClN7O2. The number of hydrogen-bond acceptors (Lipinski definition) is 5. The van der Waals surface area contributed by atoms with E-state index in [1.807, 2.05) is 36.4 Å². The predicted molar refractivity (Wildman–Crippen MR) is 144 cm³/mol. The molecule has 0 unspecified atom stereocenters. The van der Waals surface area contributed by atoms with Gasteiger partial charge in [-0.3, -0.25) is 9.59 Å². The average molecular weight is 514 g/mol. The van der Waals surface area contributed by atoms with Crippen LogP contribution in [-0.2, 0) is 11.2 Å². The Hall–Kier alpha value is -4.50. The maximum absolute atomic E-state index is 13.1. The fourth-order valence-electron chi connectivity index (χ4n) is 4.13. The summed E-state index contributed by atoms with van der Waals surface area (Å²) in [7, 11) is 0. The van der Waals surface area contributed by atoms with Gasteiger partial charge in [0.05, 0.1) is 16.9 Å². The zero-order valence-electron chi connectivity index (χ0n) is 19.8. The van der Waals surface area contributed by atoms with Crippen LogP contribution in [0, 0.1) is 0 Å². The quantitative estimate of drug-likeness (QED) is 0.190. The first kappa shape index (κ1) is 24.2. The van der Waals surface area contributed by atoms with E-state index in [1.165, 1.54) is 5.56 Å². The first-order valence-corrected chi connectivity index (χ1v) is 12.2. The van der Waals surface area contributed by atoms with Gasteiger partial charge in [-0.15, -0.1) is 10.2 Å². The van der Waals surface area contributed by atoms with Crippen molar-refractivity contribution in [2.75, 3.05) is 10.6 Å². The summed E-state index contributed by atoms with van der Waals surface area (Å²) in [6, 6.07) is 22.5. The number of para-hydroxylation sites is 1. The van der Waals surface area contributed by atoms with E-state index in [4.69, 9.17) is 11.6 Å². The molecule has 2 amide bonds. The van der Waals surface area contributed by atoms with Gasteiger partial charge in [0.2, 0.25) is 11.7 Å². The minimum atomic E-state index is -0.360. The van der Waals surface area contributed by atoms with Crippen molar-refractivity contribution in [3.05, 3.63) is 89.1 Å². The van der Waals surface area contributed by atoms with E-state index in [2.05, 4.69) is 48.4 Å². The van der Waals surface area contributed by atoms with E-state index in [-0.39, 0.29) is 11.8 Å². The van der Waals surface area contributed by atoms with Crippen molar-refractivity contribution in [2.24, 2.45) is 0 Å². The number of nitrogens with zero attached hydrogens (tertiary/aromatic N) is 3. The number of nitrogens with one attached hydrogen (secondary N) is 4. The second-order valence-electron chi connectivity index (χ2n) is 8.57. The highest BCUT2D eigenvalue weighted by Crippen LogP contribution is 2.29. The zero-order chi connectivity index (χ0) is 25.6. The monoisotopic (exact) mass is 513 g/mol. The van der Waals surface area contributed by atoms with Gasteiger partial charge in [0.1, 0.15) is 5.69 Å². The van der Waals surface area contributed by atoms with Gasteiger partial charge in [0, 0.05) is 22.4 Å². The molecule has 10 heteroatoms. The lowest BCUT2D eigenvalue weighted by atomic mass is 10.1. The van der Waals surface area contributed by atoms with Crippen LogP contribution in [0.2, 0.25) is 5.02 Å².